The maximum absolute atomic E-state index is 4.55. The van der Waals surface area contributed by atoms with Crippen molar-refractivity contribution < 1.29 is 0 Å². The third kappa shape index (κ3) is 2.41. The van der Waals surface area contributed by atoms with Crippen molar-refractivity contribution in [2.75, 3.05) is 11.4 Å². The summed E-state index contributed by atoms with van der Waals surface area (Å²) in [6.07, 6.45) is 15.3. The predicted molar refractivity (Wildman–Crippen MR) is 81.5 cm³/mol. The van der Waals surface area contributed by atoms with Crippen LogP contribution < -0.4 is 4.90 Å². The van der Waals surface area contributed by atoms with Crippen LogP contribution in [0.15, 0.2) is 31.1 Å². The summed E-state index contributed by atoms with van der Waals surface area (Å²) in [7, 11) is 0. The van der Waals surface area contributed by atoms with E-state index in [1.54, 1.807) is 18.9 Å². The van der Waals surface area contributed by atoms with Gasteiger partial charge in [0.05, 0.1) is 0 Å². The Hall–Kier alpha value is -1.91. The third-order valence-electron chi connectivity index (χ3n) is 4.94. The molecule has 2 aromatic heterocycles. The van der Waals surface area contributed by atoms with Crippen LogP contribution in [0.1, 0.15) is 38.5 Å². The minimum Gasteiger partial charge on any atom is -0.353 e. The molecule has 0 bridgehead atoms. The summed E-state index contributed by atoms with van der Waals surface area (Å²) in [5.41, 5.74) is 0. The molecule has 2 aromatic rings. The Balaban J connectivity index is 1.64. The van der Waals surface area contributed by atoms with E-state index in [0.717, 1.165) is 24.1 Å². The highest BCUT2D eigenvalue weighted by Crippen LogP contribution is 2.37. The van der Waals surface area contributed by atoms with Gasteiger partial charge in [0.2, 0.25) is 0 Å². The average Bonchev–Trinajstić information content (AvgIpc) is 3.09. The summed E-state index contributed by atoms with van der Waals surface area (Å²) in [6.45, 7) is 1.13. The molecule has 0 radical (unpaired) electrons. The van der Waals surface area contributed by atoms with Gasteiger partial charge in [0.25, 0.3) is 0 Å². The molecule has 1 saturated carbocycles. The number of fused-ring (bicyclic) bond motifs is 1. The van der Waals surface area contributed by atoms with Crippen LogP contribution in [-0.2, 0) is 0 Å². The number of nitrogens with zero attached hydrogens (tertiary/aromatic N) is 5. The minimum absolute atomic E-state index is 0.679. The molecule has 0 N–H and O–H groups in total. The van der Waals surface area contributed by atoms with Gasteiger partial charge in [-0.1, -0.05) is 12.8 Å². The summed E-state index contributed by atoms with van der Waals surface area (Å²) in [6, 6.07) is 2.77. The number of piperidine rings is 1. The van der Waals surface area contributed by atoms with Gasteiger partial charge in [-0.15, -0.1) is 0 Å². The van der Waals surface area contributed by atoms with E-state index in [4.69, 9.17) is 0 Å². The molecule has 2 unspecified atom stereocenters. The molecular formula is C16H21N5. The Kier molecular flexibility index (Phi) is 3.33. The number of rotatable bonds is 2. The van der Waals surface area contributed by atoms with Crippen molar-refractivity contribution in [2.45, 2.75) is 44.6 Å². The van der Waals surface area contributed by atoms with E-state index in [9.17, 15) is 0 Å². The molecule has 4 rings (SSSR count). The molecule has 1 aliphatic carbocycles. The zero-order valence-electron chi connectivity index (χ0n) is 12.2. The van der Waals surface area contributed by atoms with E-state index < -0.39 is 0 Å². The Morgan fingerprint density at radius 2 is 1.86 bits per heavy atom. The van der Waals surface area contributed by atoms with E-state index >= 15 is 0 Å². The van der Waals surface area contributed by atoms with Crippen molar-refractivity contribution in [1.29, 1.82) is 0 Å². The minimum atomic E-state index is 0.679. The lowest BCUT2D eigenvalue weighted by Gasteiger charge is -2.44. The fraction of sp³-hybridized carbons (Fsp3) is 0.562. The van der Waals surface area contributed by atoms with Crippen LogP contribution >= 0.6 is 0 Å². The van der Waals surface area contributed by atoms with Gasteiger partial charge in [0.15, 0.2) is 0 Å². The molecule has 2 atom stereocenters. The standard InChI is InChI=1S/C16H21N5/c1-2-6-14-13(4-1)5-3-8-21(14)16-10-15(18-11-19-16)20-9-7-17-12-20/h7,9-14H,1-6,8H2. The summed E-state index contributed by atoms with van der Waals surface area (Å²) in [5, 5.41) is 0. The molecule has 5 heteroatoms. The first-order chi connectivity index (χ1) is 10.4. The van der Waals surface area contributed by atoms with Crippen LogP contribution in [-0.4, -0.2) is 32.1 Å². The third-order valence-corrected chi connectivity index (χ3v) is 4.94. The number of hydrogen-bond donors (Lipinski definition) is 0. The first-order valence-electron chi connectivity index (χ1n) is 7.99. The van der Waals surface area contributed by atoms with E-state index in [2.05, 4.69) is 25.9 Å². The topological polar surface area (TPSA) is 46.8 Å². The van der Waals surface area contributed by atoms with E-state index in [-0.39, 0.29) is 0 Å². The van der Waals surface area contributed by atoms with Crippen LogP contribution in [0.2, 0.25) is 0 Å². The summed E-state index contributed by atoms with van der Waals surface area (Å²) >= 11 is 0. The van der Waals surface area contributed by atoms with Gasteiger partial charge in [-0.2, -0.15) is 0 Å². The monoisotopic (exact) mass is 283 g/mol. The van der Waals surface area contributed by atoms with Gasteiger partial charge in [0, 0.05) is 31.0 Å². The summed E-state index contributed by atoms with van der Waals surface area (Å²) in [4.78, 5) is 15.5. The van der Waals surface area contributed by atoms with E-state index in [0.29, 0.717) is 6.04 Å². The Morgan fingerprint density at radius 1 is 1.00 bits per heavy atom. The molecule has 1 aliphatic heterocycles. The second-order valence-corrected chi connectivity index (χ2v) is 6.15. The lowest BCUT2D eigenvalue weighted by atomic mass is 9.78. The quantitative estimate of drug-likeness (QED) is 0.850. The second kappa shape index (κ2) is 5.47. The Bertz CT molecular complexity index is 592. The van der Waals surface area contributed by atoms with Crippen LogP contribution in [0.25, 0.3) is 5.82 Å². The normalized spacial score (nSPS) is 25.6. The van der Waals surface area contributed by atoms with Gasteiger partial charge < -0.3 is 4.90 Å². The van der Waals surface area contributed by atoms with Crippen molar-refractivity contribution in [2.24, 2.45) is 5.92 Å². The molecule has 5 nitrogen and oxygen atoms in total. The number of imidazole rings is 1. The fourth-order valence-corrected chi connectivity index (χ4v) is 3.94. The van der Waals surface area contributed by atoms with Gasteiger partial charge in [-0.25, -0.2) is 15.0 Å². The number of aromatic nitrogens is 4. The highest BCUT2D eigenvalue weighted by Gasteiger charge is 2.33. The first-order valence-corrected chi connectivity index (χ1v) is 7.99. The van der Waals surface area contributed by atoms with Crippen molar-refractivity contribution in [1.82, 2.24) is 19.5 Å². The van der Waals surface area contributed by atoms with Gasteiger partial charge in [-0.3, -0.25) is 4.57 Å². The molecule has 2 fully saturated rings. The van der Waals surface area contributed by atoms with Crippen LogP contribution in [0.3, 0.4) is 0 Å². The Morgan fingerprint density at radius 3 is 2.76 bits per heavy atom. The number of hydrogen-bond acceptors (Lipinski definition) is 4. The van der Waals surface area contributed by atoms with Crippen LogP contribution in [0.5, 0.6) is 0 Å². The molecular weight excluding hydrogens is 262 g/mol. The van der Waals surface area contributed by atoms with Crippen molar-refractivity contribution in [3.8, 4) is 5.82 Å². The molecule has 0 amide bonds. The summed E-state index contributed by atoms with van der Waals surface area (Å²) < 4.78 is 1.94. The van der Waals surface area contributed by atoms with E-state index in [1.165, 1.54) is 38.5 Å². The zero-order chi connectivity index (χ0) is 14.1. The molecule has 0 spiro atoms. The van der Waals surface area contributed by atoms with Crippen molar-refractivity contribution >= 4 is 5.82 Å². The van der Waals surface area contributed by atoms with Gasteiger partial charge in [0.1, 0.15) is 24.3 Å². The largest absolute Gasteiger partial charge is 0.353 e. The fourth-order valence-electron chi connectivity index (χ4n) is 3.94. The lowest BCUT2D eigenvalue weighted by Crippen LogP contribution is -2.47. The molecule has 110 valence electrons. The van der Waals surface area contributed by atoms with E-state index in [1.807, 2.05) is 10.8 Å². The molecule has 0 aromatic carbocycles. The summed E-state index contributed by atoms with van der Waals surface area (Å²) in [5.74, 6) is 2.83. The smallest absolute Gasteiger partial charge is 0.143 e. The Labute approximate surface area is 125 Å². The molecule has 1 saturated heterocycles. The average molecular weight is 283 g/mol. The molecule has 3 heterocycles. The lowest BCUT2D eigenvalue weighted by molar-refractivity contribution is 0.242. The predicted octanol–water partition coefficient (Wildman–Crippen LogP) is 2.82. The molecule has 2 aliphatic rings. The van der Waals surface area contributed by atoms with Crippen LogP contribution in [0, 0.1) is 5.92 Å². The highest BCUT2D eigenvalue weighted by atomic mass is 15.2. The maximum atomic E-state index is 4.55. The molecule has 21 heavy (non-hydrogen) atoms. The number of anilines is 1. The zero-order valence-corrected chi connectivity index (χ0v) is 12.2. The van der Waals surface area contributed by atoms with Crippen molar-refractivity contribution in [3.63, 3.8) is 0 Å². The highest BCUT2D eigenvalue weighted by molar-refractivity contribution is 5.45. The van der Waals surface area contributed by atoms with Crippen molar-refractivity contribution in [3.05, 3.63) is 31.1 Å². The first kappa shape index (κ1) is 12.8. The van der Waals surface area contributed by atoms with Gasteiger partial charge in [-0.05, 0) is 31.6 Å². The SMILES string of the molecule is c1cn(-c2cc(N3CCCC4CCCCC43)ncn2)cn1. The van der Waals surface area contributed by atoms with Gasteiger partial charge >= 0.3 is 0 Å². The second-order valence-electron chi connectivity index (χ2n) is 6.15. The maximum Gasteiger partial charge on any atom is 0.143 e. The van der Waals surface area contributed by atoms with Crippen LogP contribution in [0.4, 0.5) is 5.82 Å².